The highest BCUT2D eigenvalue weighted by molar-refractivity contribution is 6.30. The number of aliphatic hydroxyl groups excluding tert-OH is 1. The van der Waals surface area contributed by atoms with Gasteiger partial charge in [0.15, 0.2) is 0 Å². The third-order valence-electron chi connectivity index (χ3n) is 6.02. The molecule has 0 saturated carbocycles. The summed E-state index contributed by atoms with van der Waals surface area (Å²) < 4.78 is 0. The summed E-state index contributed by atoms with van der Waals surface area (Å²) in [6.45, 7) is 3.70. The van der Waals surface area contributed by atoms with E-state index in [1.54, 1.807) is 36.7 Å². The Labute approximate surface area is 207 Å². The molecular weight excluding hydrogens is 462 g/mol. The van der Waals surface area contributed by atoms with Gasteiger partial charge in [-0.3, -0.25) is 9.78 Å². The van der Waals surface area contributed by atoms with Crippen molar-refractivity contribution >= 4 is 28.5 Å². The van der Waals surface area contributed by atoms with Gasteiger partial charge in [-0.25, -0.2) is 4.98 Å². The molecule has 0 spiro atoms. The van der Waals surface area contributed by atoms with Crippen LogP contribution in [0, 0.1) is 13.8 Å². The first-order valence-corrected chi connectivity index (χ1v) is 11.6. The van der Waals surface area contributed by atoms with Gasteiger partial charge < -0.3 is 20.4 Å². The van der Waals surface area contributed by atoms with Gasteiger partial charge >= 0.3 is 0 Å². The highest BCUT2D eigenvalue weighted by Gasteiger charge is 2.19. The number of carbonyl (C=O) groups excluding carboxylic acids is 1. The first-order chi connectivity index (χ1) is 16.9. The minimum absolute atomic E-state index is 0.246. The van der Waals surface area contributed by atoms with Crippen molar-refractivity contribution in [2.45, 2.75) is 19.9 Å². The molecule has 0 aliphatic rings. The maximum Gasteiger partial charge on any atom is 0.268 e. The van der Waals surface area contributed by atoms with Crippen LogP contribution in [0.15, 0.2) is 67.1 Å². The van der Waals surface area contributed by atoms with Crippen molar-refractivity contribution in [2.24, 2.45) is 0 Å². The van der Waals surface area contributed by atoms with Crippen LogP contribution < -0.4 is 5.32 Å². The molecule has 4 aromatic heterocycles. The van der Waals surface area contributed by atoms with Gasteiger partial charge in [-0.05, 0) is 61.4 Å². The molecule has 0 saturated heterocycles. The van der Waals surface area contributed by atoms with Crippen molar-refractivity contribution in [1.29, 1.82) is 0 Å². The highest BCUT2D eigenvalue weighted by Crippen LogP contribution is 2.34. The van der Waals surface area contributed by atoms with E-state index in [4.69, 9.17) is 11.6 Å². The number of rotatable bonds is 6. The molecule has 0 aliphatic heterocycles. The van der Waals surface area contributed by atoms with Gasteiger partial charge in [-0.15, -0.1) is 0 Å². The minimum Gasteiger partial charge on any atom is -0.394 e. The summed E-state index contributed by atoms with van der Waals surface area (Å²) in [5, 5.41) is 14.2. The largest absolute Gasteiger partial charge is 0.394 e. The molecule has 0 radical (unpaired) electrons. The molecule has 5 aromatic rings. The van der Waals surface area contributed by atoms with Gasteiger partial charge in [0.25, 0.3) is 5.91 Å². The number of aryl methyl sites for hydroxylation is 2. The fourth-order valence-electron chi connectivity index (χ4n) is 4.32. The molecule has 8 heteroatoms. The number of carbonyl (C=O) groups is 1. The van der Waals surface area contributed by atoms with E-state index in [2.05, 4.69) is 31.3 Å². The Kier molecular flexibility index (Phi) is 6.11. The van der Waals surface area contributed by atoms with E-state index in [0.29, 0.717) is 10.7 Å². The quantitative estimate of drug-likeness (QED) is 0.260. The lowest BCUT2D eigenvalue weighted by Gasteiger charge is -2.16. The smallest absolute Gasteiger partial charge is 0.268 e. The molecule has 35 heavy (non-hydrogen) atoms. The highest BCUT2D eigenvalue weighted by atomic mass is 35.5. The second-order valence-electron chi connectivity index (χ2n) is 8.50. The van der Waals surface area contributed by atoms with Crippen molar-refractivity contribution in [3.63, 3.8) is 0 Å². The van der Waals surface area contributed by atoms with Crippen LogP contribution in [-0.4, -0.2) is 37.6 Å². The SMILES string of the molecule is Cc1cc(-c2cnc3[nH]c(C)c(-c4c[nH]c(C(=O)N[C@H](CO)c5cccc(Cl)c5)c4)c3c2)ccn1. The first-order valence-electron chi connectivity index (χ1n) is 11.2. The molecule has 1 amide bonds. The summed E-state index contributed by atoms with van der Waals surface area (Å²) in [5.41, 5.74) is 7.67. The van der Waals surface area contributed by atoms with Crippen molar-refractivity contribution in [2.75, 3.05) is 6.61 Å². The Morgan fingerprint density at radius 1 is 1.09 bits per heavy atom. The van der Waals surface area contributed by atoms with E-state index in [1.807, 2.05) is 38.2 Å². The number of fused-ring (bicyclic) bond motifs is 1. The number of hydrogen-bond acceptors (Lipinski definition) is 4. The maximum absolute atomic E-state index is 13.0. The van der Waals surface area contributed by atoms with Crippen LogP contribution in [0.5, 0.6) is 0 Å². The van der Waals surface area contributed by atoms with Crippen LogP contribution in [0.4, 0.5) is 0 Å². The molecule has 1 aromatic carbocycles. The molecule has 5 rings (SSSR count). The van der Waals surface area contributed by atoms with E-state index >= 15 is 0 Å². The number of hydrogen-bond donors (Lipinski definition) is 4. The predicted octanol–water partition coefficient (Wildman–Crippen LogP) is 5.35. The Morgan fingerprint density at radius 3 is 2.71 bits per heavy atom. The predicted molar refractivity (Wildman–Crippen MR) is 137 cm³/mol. The molecule has 4 N–H and O–H groups in total. The van der Waals surface area contributed by atoms with E-state index in [9.17, 15) is 9.90 Å². The topological polar surface area (TPSA) is 107 Å². The van der Waals surface area contributed by atoms with Crippen LogP contribution in [-0.2, 0) is 0 Å². The normalized spacial score (nSPS) is 12.1. The Morgan fingerprint density at radius 2 is 1.94 bits per heavy atom. The van der Waals surface area contributed by atoms with Crippen LogP contribution in [0.3, 0.4) is 0 Å². The standard InChI is InChI=1S/C27H24ClN5O2/c1-15-8-17(6-7-29-15)19-10-22-25(16(2)32-26(22)31-12-19)20-11-23(30-13-20)27(35)33-24(14-34)18-4-3-5-21(28)9-18/h3-13,24,30,34H,14H2,1-2H3,(H,31,32)(H,33,35)/t24-/m1/s1. The number of H-pyrrole nitrogens is 2. The summed E-state index contributed by atoms with van der Waals surface area (Å²) in [6, 6.07) is 14.4. The maximum atomic E-state index is 13.0. The van der Waals surface area contributed by atoms with Gasteiger partial charge in [0.1, 0.15) is 11.3 Å². The third kappa shape index (κ3) is 4.56. The number of aromatic nitrogens is 4. The zero-order valence-electron chi connectivity index (χ0n) is 19.3. The molecule has 1 atom stereocenters. The van der Waals surface area contributed by atoms with Crippen LogP contribution in [0.1, 0.15) is 33.5 Å². The number of amides is 1. The fourth-order valence-corrected chi connectivity index (χ4v) is 4.51. The van der Waals surface area contributed by atoms with Crippen LogP contribution >= 0.6 is 11.6 Å². The summed E-state index contributed by atoms with van der Waals surface area (Å²) in [4.78, 5) is 28.3. The number of aromatic amines is 2. The van der Waals surface area contributed by atoms with E-state index in [1.165, 1.54) is 0 Å². The Hall–Kier alpha value is -3.94. The average molecular weight is 486 g/mol. The molecule has 176 valence electrons. The van der Waals surface area contributed by atoms with Gasteiger partial charge in [-0.2, -0.15) is 0 Å². The van der Waals surface area contributed by atoms with Crippen molar-refractivity contribution in [1.82, 2.24) is 25.3 Å². The second kappa shape index (κ2) is 9.37. The van der Waals surface area contributed by atoms with Gasteiger partial charge in [0, 0.05) is 57.1 Å². The molecule has 0 unspecified atom stereocenters. The summed E-state index contributed by atoms with van der Waals surface area (Å²) in [5.74, 6) is -0.321. The van der Waals surface area contributed by atoms with Crippen molar-refractivity contribution in [3.05, 3.63) is 94.8 Å². The van der Waals surface area contributed by atoms with E-state index in [-0.39, 0.29) is 12.5 Å². The number of halogens is 1. The van der Waals surface area contributed by atoms with Crippen molar-refractivity contribution < 1.29 is 9.90 Å². The average Bonchev–Trinajstić information content (AvgIpc) is 3.45. The zero-order valence-corrected chi connectivity index (χ0v) is 20.0. The fraction of sp³-hybridized carbons (Fsp3) is 0.148. The summed E-state index contributed by atoms with van der Waals surface area (Å²) in [7, 11) is 0. The minimum atomic E-state index is -0.571. The van der Waals surface area contributed by atoms with Crippen molar-refractivity contribution in [3.8, 4) is 22.3 Å². The van der Waals surface area contributed by atoms with E-state index < -0.39 is 6.04 Å². The monoisotopic (exact) mass is 485 g/mol. The number of aliphatic hydroxyl groups is 1. The summed E-state index contributed by atoms with van der Waals surface area (Å²) in [6.07, 6.45) is 5.44. The second-order valence-corrected chi connectivity index (χ2v) is 8.93. The third-order valence-corrected chi connectivity index (χ3v) is 6.26. The first kappa shape index (κ1) is 22.8. The molecule has 4 heterocycles. The van der Waals surface area contributed by atoms with Gasteiger partial charge in [-0.1, -0.05) is 23.7 Å². The van der Waals surface area contributed by atoms with Gasteiger partial charge in [0.05, 0.1) is 12.6 Å². The van der Waals surface area contributed by atoms with Gasteiger partial charge in [0.2, 0.25) is 0 Å². The molecular formula is C27H24ClN5O2. The molecule has 0 aliphatic carbocycles. The van der Waals surface area contributed by atoms with Crippen LogP contribution in [0.2, 0.25) is 5.02 Å². The summed E-state index contributed by atoms with van der Waals surface area (Å²) >= 11 is 6.07. The zero-order chi connectivity index (χ0) is 24.5. The number of nitrogens with one attached hydrogen (secondary N) is 3. The lowest BCUT2D eigenvalue weighted by atomic mass is 10.0. The Balaban J connectivity index is 1.46. The van der Waals surface area contributed by atoms with Crippen LogP contribution in [0.25, 0.3) is 33.3 Å². The number of benzene rings is 1. The molecule has 0 fully saturated rings. The number of pyridine rings is 2. The Bertz CT molecular complexity index is 1540. The van der Waals surface area contributed by atoms with E-state index in [0.717, 1.165) is 50.2 Å². The lowest BCUT2D eigenvalue weighted by Crippen LogP contribution is -2.31. The number of nitrogens with zero attached hydrogens (tertiary/aromatic N) is 2. The molecule has 0 bridgehead atoms. The lowest BCUT2D eigenvalue weighted by molar-refractivity contribution is 0.0911. The molecule has 7 nitrogen and oxygen atoms in total.